The van der Waals surface area contributed by atoms with Gasteiger partial charge in [-0.05, 0) is 13.5 Å². The molecule has 0 saturated carbocycles. The smallest absolute Gasteiger partial charge is 0.314 e. The second-order valence-electron chi connectivity index (χ2n) is 2.66. The van der Waals surface area contributed by atoms with Crippen LogP contribution in [0.3, 0.4) is 0 Å². The van der Waals surface area contributed by atoms with Crippen LogP contribution in [0.4, 0.5) is 4.79 Å². The zero-order chi connectivity index (χ0) is 10.3. The first-order chi connectivity index (χ1) is 6.15. The molecule has 0 aromatic carbocycles. The second kappa shape index (κ2) is 6.24. The number of rotatable bonds is 1. The normalized spacial score (nSPS) is 20.4. The lowest BCUT2D eigenvalue weighted by Crippen LogP contribution is -2.36. The van der Waals surface area contributed by atoms with Crippen molar-refractivity contribution < 1.29 is 14.7 Å². The molecule has 0 radical (unpaired) electrons. The molecule has 1 saturated heterocycles. The fourth-order valence-electron chi connectivity index (χ4n) is 1.20. The Morgan fingerprint density at radius 2 is 2.31 bits per heavy atom. The SMILES string of the molecule is CNC1CCN(C(N)=O)C1.O=CO. The van der Waals surface area contributed by atoms with Crippen molar-refractivity contribution in [2.45, 2.75) is 12.5 Å². The van der Waals surface area contributed by atoms with Gasteiger partial charge in [0.2, 0.25) is 0 Å². The fourth-order valence-corrected chi connectivity index (χ4v) is 1.20. The van der Waals surface area contributed by atoms with Crippen LogP contribution in [-0.4, -0.2) is 48.7 Å². The molecule has 0 spiro atoms. The first kappa shape index (κ1) is 11.7. The molecule has 1 aliphatic rings. The van der Waals surface area contributed by atoms with Gasteiger partial charge in [-0.1, -0.05) is 0 Å². The van der Waals surface area contributed by atoms with Crippen molar-refractivity contribution in [1.29, 1.82) is 0 Å². The molecule has 0 aliphatic carbocycles. The molecule has 1 atom stereocenters. The highest BCUT2D eigenvalue weighted by atomic mass is 16.3. The maximum Gasteiger partial charge on any atom is 0.314 e. The van der Waals surface area contributed by atoms with Gasteiger partial charge in [0.1, 0.15) is 0 Å². The molecule has 0 bridgehead atoms. The number of hydrogen-bond acceptors (Lipinski definition) is 3. The van der Waals surface area contributed by atoms with E-state index in [0.717, 1.165) is 19.5 Å². The number of carbonyl (C=O) groups excluding carboxylic acids is 1. The van der Waals surface area contributed by atoms with Crippen LogP contribution in [0.1, 0.15) is 6.42 Å². The summed E-state index contributed by atoms with van der Waals surface area (Å²) in [7, 11) is 1.90. The number of carboxylic acid groups (broad SMARTS) is 1. The molecule has 1 aliphatic heterocycles. The van der Waals surface area contributed by atoms with Gasteiger partial charge in [-0.15, -0.1) is 0 Å². The Bertz CT molecular complexity index is 174. The zero-order valence-electron chi connectivity index (χ0n) is 7.56. The molecule has 4 N–H and O–H groups in total. The van der Waals surface area contributed by atoms with E-state index in [2.05, 4.69) is 5.32 Å². The first-order valence-corrected chi connectivity index (χ1v) is 3.95. The molecule has 6 heteroatoms. The van der Waals surface area contributed by atoms with Crippen molar-refractivity contribution >= 4 is 12.5 Å². The van der Waals surface area contributed by atoms with E-state index >= 15 is 0 Å². The molecule has 1 unspecified atom stereocenters. The Kier molecular flexibility index (Phi) is 5.62. The van der Waals surface area contributed by atoms with E-state index in [-0.39, 0.29) is 12.5 Å². The number of primary amides is 1. The monoisotopic (exact) mass is 189 g/mol. The highest BCUT2D eigenvalue weighted by molar-refractivity contribution is 5.72. The molecule has 0 aromatic heterocycles. The van der Waals surface area contributed by atoms with Gasteiger partial charge in [0.25, 0.3) is 6.47 Å². The number of hydrogen-bond donors (Lipinski definition) is 3. The Hall–Kier alpha value is -1.30. The van der Waals surface area contributed by atoms with Gasteiger partial charge in [-0.3, -0.25) is 4.79 Å². The Labute approximate surface area is 76.7 Å². The van der Waals surface area contributed by atoms with Crippen molar-refractivity contribution in [2.75, 3.05) is 20.1 Å². The molecule has 6 nitrogen and oxygen atoms in total. The average molecular weight is 189 g/mol. The highest BCUT2D eigenvalue weighted by Crippen LogP contribution is 2.06. The molecule has 2 amide bonds. The van der Waals surface area contributed by atoms with Gasteiger partial charge >= 0.3 is 6.03 Å². The third-order valence-corrected chi connectivity index (χ3v) is 1.91. The van der Waals surface area contributed by atoms with E-state index in [0.29, 0.717) is 6.04 Å². The number of likely N-dealkylation sites (tertiary alicyclic amines) is 1. The molecule has 76 valence electrons. The first-order valence-electron chi connectivity index (χ1n) is 3.95. The number of nitrogens with zero attached hydrogens (tertiary/aromatic N) is 1. The number of nitrogens with one attached hydrogen (secondary N) is 1. The fraction of sp³-hybridized carbons (Fsp3) is 0.714. The van der Waals surface area contributed by atoms with Crippen LogP contribution in [0.5, 0.6) is 0 Å². The van der Waals surface area contributed by atoms with Crippen molar-refractivity contribution in [3.05, 3.63) is 0 Å². The van der Waals surface area contributed by atoms with Crippen molar-refractivity contribution in [2.24, 2.45) is 5.73 Å². The lowest BCUT2D eigenvalue weighted by Gasteiger charge is -2.12. The van der Waals surface area contributed by atoms with E-state index in [1.807, 2.05) is 7.05 Å². The minimum atomic E-state index is -0.308. The summed E-state index contributed by atoms with van der Waals surface area (Å²) in [6.07, 6.45) is 1.01. The number of amides is 2. The predicted molar refractivity (Wildman–Crippen MR) is 47.3 cm³/mol. The van der Waals surface area contributed by atoms with E-state index in [9.17, 15) is 4.79 Å². The Morgan fingerprint density at radius 3 is 2.54 bits per heavy atom. The van der Waals surface area contributed by atoms with Crippen LogP contribution in [0.25, 0.3) is 0 Å². The van der Waals surface area contributed by atoms with Gasteiger partial charge in [-0.2, -0.15) is 0 Å². The summed E-state index contributed by atoms with van der Waals surface area (Å²) in [6.45, 7) is 1.30. The maximum atomic E-state index is 10.6. The van der Waals surface area contributed by atoms with Crippen LogP contribution in [0, 0.1) is 0 Å². The minimum absolute atomic E-state index is 0.250. The topological polar surface area (TPSA) is 95.7 Å². The third-order valence-electron chi connectivity index (χ3n) is 1.91. The van der Waals surface area contributed by atoms with Crippen molar-refractivity contribution in [3.63, 3.8) is 0 Å². The predicted octanol–water partition coefficient (Wildman–Crippen LogP) is -0.940. The summed E-state index contributed by atoms with van der Waals surface area (Å²) in [4.78, 5) is 20.6. The lowest BCUT2D eigenvalue weighted by atomic mass is 10.3. The summed E-state index contributed by atoms with van der Waals surface area (Å²) in [5.41, 5.74) is 5.07. The van der Waals surface area contributed by atoms with Gasteiger partial charge in [0.05, 0.1) is 0 Å². The molecular formula is C7H15N3O3. The Balaban J connectivity index is 0.000000424. The van der Waals surface area contributed by atoms with E-state index in [1.54, 1.807) is 4.90 Å². The maximum absolute atomic E-state index is 10.6. The second-order valence-corrected chi connectivity index (χ2v) is 2.66. The highest BCUT2D eigenvalue weighted by Gasteiger charge is 2.22. The summed E-state index contributed by atoms with van der Waals surface area (Å²) in [6, 6.07) is 0.130. The molecule has 1 fully saturated rings. The van der Waals surface area contributed by atoms with Gasteiger partial charge in [0.15, 0.2) is 0 Å². The summed E-state index contributed by atoms with van der Waals surface area (Å²) >= 11 is 0. The van der Waals surface area contributed by atoms with Crippen LogP contribution in [0.15, 0.2) is 0 Å². The minimum Gasteiger partial charge on any atom is -0.483 e. The quantitative estimate of drug-likeness (QED) is 0.464. The third kappa shape index (κ3) is 4.32. The zero-order valence-corrected chi connectivity index (χ0v) is 7.56. The van der Waals surface area contributed by atoms with E-state index in [1.165, 1.54) is 0 Å². The van der Waals surface area contributed by atoms with Crippen LogP contribution in [0.2, 0.25) is 0 Å². The Morgan fingerprint density at radius 1 is 1.77 bits per heavy atom. The number of carbonyl (C=O) groups is 2. The molecule has 1 rings (SSSR count). The number of likely N-dealkylation sites (N-methyl/N-ethyl adjacent to an activating group) is 1. The standard InChI is InChI=1S/C6H13N3O.CH2O2/c1-8-5-2-3-9(4-5)6(7)10;2-1-3/h5,8H,2-4H2,1H3,(H2,7,10);1H,(H,2,3). The van der Waals surface area contributed by atoms with E-state index in [4.69, 9.17) is 15.6 Å². The molecule has 1 heterocycles. The lowest BCUT2D eigenvalue weighted by molar-refractivity contribution is -0.122. The number of urea groups is 1. The van der Waals surface area contributed by atoms with Crippen molar-refractivity contribution in [1.82, 2.24) is 10.2 Å². The molecule has 0 aromatic rings. The average Bonchev–Trinajstić information content (AvgIpc) is 2.53. The van der Waals surface area contributed by atoms with Gasteiger partial charge < -0.3 is 21.1 Å². The van der Waals surface area contributed by atoms with Crippen LogP contribution in [-0.2, 0) is 4.79 Å². The summed E-state index contributed by atoms with van der Waals surface area (Å²) in [5.74, 6) is 0. The molecule has 13 heavy (non-hydrogen) atoms. The van der Waals surface area contributed by atoms with E-state index < -0.39 is 0 Å². The summed E-state index contributed by atoms with van der Waals surface area (Å²) in [5, 5.41) is 9.99. The number of nitrogens with two attached hydrogens (primary N) is 1. The largest absolute Gasteiger partial charge is 0.483 e. The van der Waals surface area contributed by atoms with Crippen LogP contribution >= 0.6 is 0 Å². The van der Waals surface area contributed by atoms with Gasteiger partial charge in [0, 0.05) is 19.1 Å². The van der Waals surface area contributed by atoms with Crippen molar-refractivity contribution in [3.8, 4) is 0 Å². The molecular weight excluding hydrogens is 174 g/mol. The summed E-state index contributed by atoms with van der Waals surface area (Å²) < 4.78 is 0. The van der Waals surface area contributed by atoms with Gasteiger partial charge in [-0.25, -0.2) is 4.79 Å². The van der Waals surface area contributed by atoms with Crippen LogP contribution < -0.4 is 11.1 Å².